The summed E-state index contributed by atoms with van der Waals surface area (Å²) in [5.74, 6) is 1.35. The van der Waals surface area contributed by atoms with E-state index in [0.29, 0.717) is 18.8 Å². The topological polar surface area (TPSA) is 79.4 Å². The van der Waals surface area contributed by atoms with Gasteiger partial charge < -0.3 is 14.4 Å². The molecule has 178 valence electrons. The third kappa shape index (κ3) is 5.09. The molecule has 8 nitrogen and oxygen atoms in total. The molecule has 0 N–H and O–H groups in total. The Morgan fingerprint density at radius 3 is 2.36 bits per heavy atom. The molecule has 0 saturated carbocycles. The van der Waals surface area contributed by atoms with E-state index in [9.17, 15) is 13.2 Å². The molecule has 4 rings (SSSR count). The number of sulfonamides is 1. The summed E-state index contributed by atoms with van der Waals surface area (Å²) < 4.78 is 37.3. The van der Waals surface area contributed by atoms with E-state index in [1.165, 1.54) is 4.31 Å². The summed E-state index contributed by atoms with van der Waals surface area (Å²) in [6.07, 6.45) is 1.15. The molecule has 1 fully saturated rings. The Bertz CT molecular complexity index is 1140. The van der Waals surface area contributed by atoms with Crippen LogP contribution in [0.25, 0.3) is 0 Å². The molecule has 2 aromatic rings. The lowest BCUT2D eigenvalue weighted by Crippen LogP contribution is -2.55. The minimum Gasteiger partial charge on any atom is -0.454 e. The highest BCUT2D eigenvalue weighted by molar-refractivity contribution is 7.92. The molecular weight excluding hydrogens is 442 g/mol. The number of carbonyl (C=O) groups excluding carboxylic acids is 1. The van der Waals surface area contributed by atoms with Crippen molar-refractivity contribution in [2.75, 3.05) is 43.5 Å². The number of rotatable bonds is 6. The molecular formula is C24H31N3O5S. The maximum Gasteiger partial charge on any atom is 0.246 e. The van der Waals surface area contributed by atoms with Crippen LogP contribution in [0.4, 0.5) is 5.69 Å². The Morgan fingerprint density at radius 2 is 1.70 bits per heavy atom. The molecule has 9 heteroatoms. The number of hydrogen-bond donors (Lipinski definition) is 0. The Balaban J connectivity index is 1.40. The molecule has 2 heterocycles. The first kappa shape index (κ1) is 23.4. The Labute approximate surface area is 195 Å². The highest BCUT2D eigenvalue weighted by atomic mass is 32.2. The van der Waals surface area contributed by atoms with Crippen molar-refractivity contribution in [3.63, 3.8) is 0 Å². The van der Waals surface area contributed by atoms with Gasteiger partial charge in [-0.05, 0) is 61.7 Å². The number of aryl methyl sites for hydroxylation is 2. The Morgan fingerprint density at radius 1 is 1.00 bits per heavy atom. The lowest BCUT2D eigenvalue weighted by Gasteiger charge is -2.38. The van der Waals surface area contributed by atoms with Gasteiger partial charge in [0.05, 0.1) is 11.9 Å². The van der Waals surface area contributed by atoms with Crippen LogP contribution in [-0.4, -0.2) is 69.4 Å². The molecule has 0 unspecified atom stereocenters. The molecule has 1 amide bonds. The van der Waals surface area contributed by atoms with Crippen LogP contribution in [0.2, 0.25) is 0 Å². The summed E-state index contributed by atoms with van der Waals surface area (Å²) in [6, 6.07) is 10.6. The van der Waals surface area contributed by atoms with E-state index in [0.717, 1.165) is 54.1 Å². The fourth-order valence-electron chi connectivity index (χ4n) is 4.35. The van der Waals surface area contributed by atoms with Gasteiger partial charge in [-0.3, -0.25) is 14.0 Å². The second kappa shape index (κ2) is 9.23. The lowest BCUT2D eigenvalue weighted by molar-refractivity contribution is -0.133. The number of anilines is 1. The van der Waals surface area contributed by atoms with Crippen molar-refractivity contribution in [3.05, 3.63) is 53.1 Å². The van der Waals surface area contributed by atoms with Crippen molar-refractivity contribution >= 4 is 21.6 Å². The van der Waals surface area contributed by atoms with Crippen molar-refractivity contribution in [2.45, 2.75) is 33.4 Å². The Hall–Kier alpha value is -2.78. The normalized spacial score (nSPS) is 17.2. The van der Waals surface area contributed by atoms with E-state index in [4.69, 9.17) is 9.47 Å². The van der Waals surface area contributed by atoms with Crippen LogP contribution in [0.15, 0.2) is 36.4 Å². The number of benzene rings is 2. The number of carbonyl (C=O) groups is 1. The summed E-state index contributed by atoms with van der Waals surface area (Å²) in [4.78, 5) is 17.3. The van der Waals surface area contributed by atoms with Crippen LogP contribution in [0.1, 0.15) is 23.6 Å². The van der Waals surface area contributed by atoms with E-state index >= 15 is 0 Å². The Kier molecular flexibility index (Phi) is 6.54. The van der Waals surface area contributed by atoms with E-state index in [-0.39, 0.29) is 12.7 Å². The van der Waals surface area contributed by atoms with Crippen molar-refractivity contribution < 1.29 is 22.7 Å². The van der Waals surface area contributed by atoms with E-state index < -0.39 is 16.1 Å². The van der Waals surface area contributed by atoms with Gasteiger partial charge in [0.15, 0.2) is 11.5 Å². The number of fused-ring (bicyclic) bond motifs is 1. The quantitative estimate of drug-likeness (QED) is 0.642. The zero-order chi connectivity index (χ0) is 23.8. The van der Waals surface area contributed by atoms with Crippen molar-refractivity contribution in [1.82, 2.24) is 9.80 Å². The van der Waals surface area contributed by atoms with Gasteiger partial charge in [0.25, 0.3) is 0 Å². The predicted molar refractivity (Wildman–Crippen MR) is 127 cm³/mol. The molecule has 0 spiro atoms. The van der Waals surface area contributed by atoms with Gasteiger partial charge in [-0.25, -0.2) is 8.42 Å². The average molecular weight is 474 g/mol. The molecule has 2 aromatic carbocycles. The highest BCUT2D eigenvalue weighted by Gasteiger charge is 2.33. The zero-order valence-corrected chi connectivity index (χ0v) is 20.4. The first-order chi connectivity index (χ1) is 15.6. The summed E-state index contributed by atoms with van der Waals surface area (Å²) in [6.45, 7) is 9.13. The SMILES string of the molecule is Cc1ccc(N([C@@H](C)C(=O)N2CCN(Cc3ccc4c(c3)OCO4)CC2)S(C)(=O)=O)cc1C. The maximum absolute atomic E-state index is 13.3. The fraction of sp³-hybridized carbons (Fsp3) is 0.458. The maximum atomic E-state index is 13.3. The molecule has 0 aromatic heterocycles. The predicted octanol–water partition coefficient (Wildman–Crippen LogP) is 2.53. The van der Waals surface area contributed by atoms with Gasteiger partial charge in [0.2, 0.25) is 22.7 Å². The van der Waals surface area contributed by atoms with E-state index in [1.807, 2.05) is 44.2 Å². The van der Waals surface area contributed by atoms with Gasteiger partial charge >= 0.3 is 0 Å². The summed E-state index contributed by atoms with van der Waals surface area (Å²) in [5, 5.41) is 0. The molecule has 1 atom stereocenters. The average Bonchev–Trinajstić information content (AvgIpc) is 3.23. The van der Waals surface area contributed by atoms with Crippen molar-refractivity contribution in [1.29, 1.82) is 0 Å². The first-order valence-corrected chi connectivity index (χ1v) is 12.9. The standard InChI is InChI=1S/C24H31N3O5S/c1-17-5-7-21(13-18(17)2)27(33(4,29)30)19(3)24(28)26-11-9-25(10-12-26)15-20-6-8-22-23(14-20)32-16-31-22/h5-8,13-14,19H,9-12,15-16H2,1-4H3/t19-/m0/s1. The summed E-state index contributed by atoms with van der Waals surface area (Å²) in [5.41, 5.74) is 3.70. The molecule has 1 saturated heterocycles. The minimum atomic E-state index is -3.63. The van der Waals surface area contributed by atoms with Gasteiger partial charge in [-0.1, -0.05) is 12.1 Å². The molecule has 2 aliphatic heterocycles. The third-order valence-electron chi connectivity index (χ3n) is 6.34. The number of amides is 1. The number of hydrogen-bond acceptors (Lipinski definition) is 6. The highest BCUT2D eigenvalue weighted by Crippen LogP contribution is 2.33. The van der Waals surface area contributed by atoms with Gasteiger partial charge in [0.1, 0.15) is 6.04 Å². The van der Waals surface area contributed by atoms with Crippen LogP contribution in [0.3, 0.4) is 0 Å². The molecule has 33 heavy (non-hydrogen) atoms. The largest absolute Gasteiger partial charge is 0.454 e. The van der Waals surface area contributed by atoms with Crippen molar-refractivity contribution in [3.8, 4) is 11.5 Å². The van der Waals surface area contributed by atoms with Crippen LogP contribution >= 0.6 is 0 Å². The zero-order valence-electron chi connectivity index (χ0n) is 19.6. The van der Waals surface area contributed by atoms with Gasteiger partial charge in [0, 0.05) is 32.7 Å². The summed E-state index contributed by atoms with van der Waals surface area (Å²) in [7, 11) is -3.63. The fourth-order valence-corrected chi connectivity index (χ4v) is 5.51. The molecule has 2 aliphatic rings. The monoisotopic (exact) mass is 473 g/mol. The van der Waals surface area contributed by atoms with Crippen LogP contribution < -0.4 is 13.8 Å². The van der Waals surface area contributed by atoms with Gasteiger partial charge in [-0.15, -0.1) is 0 Å². The number of ether oxygens (including phenoxy) is 2. The first-order valence-electron chi connectivity index (χ1n) is 11.1. The van der Waals surface area contributed by atoms with Crippen LogP contribution in [-0.2, 0) is 21.4 Å². The smallest absolute Gasteiger partial charge is 0.246 e. The second-order valence-electron chi connectivity index (χ2n) is 8.79. The molecule has 0 radical (unpaired) electrons. The van der Waals surface area contributed by atoms with E-state index in [2.05, 4.69) is 4.90 Å². The number of nitrogens with zero attached hydrogens (tertiary/aromatic N) is 3. The van der Waals surface area contributed by atoms with Crippen molar-refractivity contribution in [2.24, 2.45) is 0 Å². The molecule has 0 aliphatic carbocycles. The van der Waals surface area contributed by atoms with Crippen LogP contribution in [0, 0.1) is 13.8 Å². The van der Waals surface area contributed by atoms with Gasteiger partial charge in [-0.2, -0.15) is 0 Å². The third-order valence-corrected chi connectivity index (χ3v) is 7.58. The second-order valence-corrected chi connectivity index (χ2v) is 10.7. The summed E-state index contributed by atoms with van der Waals surface area (Å²) >= 11 is 0. The minimum absolute atomic E-state index is 0.179. The van der Waals surface area contributed by atoms with E-state index in [1.54, 1.807) is 17.9 Å². The number of piperazine rings is 1. The lowest BCUT2D eigenvalue weighted by atomic mass is 10.1. The van der Waals surface area contributed by atoms with Crippen LogP contribution in [0.5, 0.6) is 11.5 Å². The molecule has 0 bridgehead atoms.